The van der Waals surface area contributed by atoms with Crippen LogP contribution < -0.4 is 5.32 Å². The summed E-state index contributed by atoms with van der Waals surface area (Å²) in [6, 6.07) is 16.3. The Morgan fingerprint density at radius 3 is 2.18 bits per heavy atom. The van der Waals surface area contributed by atoms with Crippen molar-refractivity contribution in [3.63, 3.8) is 0 Å². The van der Waals surface area contributed by atoms with Crippen molar-refractivity contribution in [3.8, 4) is 11.1 Å². The Hall–Kier alpha value is -3.35. The highest BCUT2D eigenvalue weighted by atomic mass is 16.5. The third-order valence-electron chi connectivity index (χ3n) is 8.53. The van der Waals surface area contributed by atoms with Crippen LogP contribution in [0.3, 0.4) is 0 Å². The van der Waals surface area contributed by atoms with Gasteiger partial charge in [0.25, 0.3) is 0 Å². The van der Waals surface area contributed by atoms with Crippen molar-refractivity contribution in [3.05, 3.63) is 59.7 Å². The summed E-state index contributed by atoms with van der Waals surface area (Å²) in [5, 5.41) is 12.5. The SMILES string of the molecule is O=C(NCC1(C(=O)N2CC3CC2(C(=O)O)C3)CCC1)OCC1c2ccccc2-c2ccccc21. The summed E-state index contributed by atoms with van der Waals surface area (Å²) in [5.74, 6) is -0.773. The summed E-state index contributed by atoms with van der Waals surface area (Å²) in [5.41, 5.74) is 2.88. The van der Waals surface area contributed by atoms with E-state index in [-0.39, 0.29) is 30.9 Å². The van der Waals surface area contributed by atoms with Crippen LogP contribution in [-0.4, -0.2) is 53.2 Å². The first-order chi connectivity index (χ1) is 16.4. The quantitative estimate of drug-likeness (QED) is 0.684. The zero-order valence-electron chi connectivity index (χ0n) is 19.0. The van der Waals surface area contributed by atoms with Crippen LogP contribution >= 0.6 is 0 Å². The number of hydrogen-bond donors (Lipinski definition) is 2. The van der Waals surface area contributed by atoms with Gasteiger partial charge >= 0.3 is 12.1 Å². The third-order valence-corrected chi connectivity index (χ3v) is 8.53. The van der Waals surface area contributed by atoms with E-state index in [1.165, 1.54) is 11.1 Å². The monoisotopic (exact) mass is 460 g/mol. The maximum absolute atomic E-state index is 13.4. The van der Waals surface area contributed by atoms with Crippen LogP contribution in [0.1, 0.15) is 49.1 Å². The van der Waals surface area contributed by atoms with Crippen molar-refractivity contribution in [1.29, 1.82) is 0 Å². The van der Waals surface area contributed by atoms with E-state index < -0.39 is 23.0 Å². The predicted octanol–water partition coefficient (Wildman–Crippen LogP) is 3.77. The molecule has 2 bridgehead atoms. The second-order valence-electron chi connectivity index (χ2n) is 10.3. The van der Waals surface area contributed by atoms with E-state index in [4.69, 9.17) is 4.74 Å². The summed E-state index contributed by atoms with van der Waals surface area (Å²) in [4.78, 5) is 39.5. The fraction of sp³-hybridized carbons (Fsp3) is 0.444. The number of hydrogen-bond acceptors (Lipinski definition) is 4. The van der Waals surface area contributed by atoms with Gasteiger partial charge in [-0.2, -0.15) is 0 Å². The van der Waals surface area contributed by atoms with E-state index in [2.05, 4.69) is 29.6 Å². The Morgan fingerprint density at radius 2 is 1.62 bits per heavy atom. The zero-order chi connectivity index (χ0) is 23.5. The van der Waals surface area contributed by atoms with Gasteiger partial charge in [-0.25, -0.2) is 9.59 Å². The number of aliphatic carboxylic acids is 1. The van der Waals surface area contributed by atoms with Gasteiger partial charge in [0.2, 0.25) is 5.91 Å². The number of alkyl carbamates (subject to hydrolysis) is 1. The van der Waals surface area contributed by atoms with Gasteiger partial charge in [0.15, 0.2) is 0 Å². The average molecular weight is 461 g/mol. The Bertz CT molecular complexity index is 1140. The molecule has 7 rings (SSSR count). The van der Waals surface area contributed by atoms with Gasteiger partial charge in [0, 0.05) is 19.0 Å². The van der Waals surface area contributed by atoms with E-state index in [0.717, 1.165) is 17.5 Å². The number of carbonyl (C=O) groups excluding carboxylic acids is 2. The van der Waals surface area contributed by atoms with Gasteiger partial charge in [-0.3, -0.25) is 4.79 Å². The molecule has 0 radical (unpaired) electrons. The fourth-order valence-electron chi connectivity index (χ4n) is 6.49. The largest absolute Gasteiger partial charge is 0.479 e. The van der Waals surface area contributed by atoms with Crippen LogP contribution in [0.15, 0.2) is 48.5 Å². The molecule has 2 heterocycles. The molecule has 7 heteroatoms. The predicted molar refractivity (Wildman–Crippen MR) is 124 cm³/mol. The van der Waals surface area contributed by atoms with Crippen molar-refractivity contribution < 1.29 is 24.2 Å². The van der Waals surface area contributed by atoms with Crippen LogP contribution in [0.25, 0.3) is 11.1 Å². The van der Waals surface area contributed by atoms with Crippen molar-refractivity contribution in [2.45, 2.75) is 43.6 Å². The number of carboxylic acids is 1. The second-order valence-corrected chi connectivity index (χ2v) is 10.3. The highest BCUT2D eigenvalue weighted by molar-refractivity contribution is 5.93. The van der Waals surface area contributed by atoms with E-state index in [1.54, 1.807) is 4.90 Å². The first-order valence-electron chi connectivity index (χ1n) is 12.1. The highest BCUT2D eigenvalue weighted by Gasteiger charge is 2.65. The number of benzene rings is 2. The zero-order valence-corrected chi connectivity index (χ0v) is 19.0. The Labute approximate surface area is 198 Å². The summed E-state index contributed by atoms with van der Waals surface area (Å²) >= 11 is 0. The summed E-state index contributed by atoms with van der Waals surface area (Å²) < 4.78 is 5.63. The Kier molecular flexibility index (Phi) is 4.73. The van der Waals surface area contributed by atoms with E-state index >= 15 is 0 Å². The first kappa shape index (κ1) is 21.2. The lowest BCUT2D eigenvalue weighted by Gasteiger charge is -2.46. The second kappa shape index (κ2) is 7.58. The first-order valence-corrected chi connectivity index (χ1v) is 12.1. The van der Waals surface area contributed by atoms with Crippen LogP contribution in [0.2, 0.25) is 0 Å². The van der Waals surface area contributed by atoms with Gasteiger partial charge in [0.05, 0.1) is 5.41 Å². The molecule has 2 aromatic carbocycles. The molecule has 7 nitrogen and oxygen atoms in total. The fourth-order valence-corrected chi connectivity index (χ4v) is 6.49. The van der Waals surface area contributed by atoms with Crippen LogP contribution in [-0.2, 0) is 14.3 Å². The Balaban J connectivity index is 1.10. The van der Waals surface area contributed by atoms with Crippen LogP contribution in [0, 0.1) is 11.3 Å². The van der Waals surface area contributed by atoms with Gasteiger partial charge in [-0.1, -0.05) is 55.0 Å². The molecular formula is C27H28N2O5. The molecule has 0 aromatic heterocycles. The molecule has 2 aliphatic heterocycles. The van der Waals surface area contributed by atoms with Crippen molar-refractivity contribution >= 4 is 18.0 Å². The molecule has 5 aliphatic rings. The Morgan fingerprint density at radius 1 is 1.00 bits per heavy atom. The van der Waals surface area contributed by atoms with Gasteiger partial charge in [-0.15, -0.1) is 0 Å². The molecule has 0 spiro atoms. The smallest absolute Gasteiger partial charge is 0.407 e. The van der Waals surface area contributed by atoms with Crippen LogP contribution in [0.4, 0.5) is 4.79 Å². The van der Waals surface area contributed by atoms with Crippen molar-refractivity contribution in [1.82, 2.24) is 10.2 Å². The molecule has 2 saturated carbocycles. The number of carboxylic acid groups (broad SMARTS) is 1. The number of nitrogens with zero attached hydrogens (tertiary/aromatic N) is 1. The lowest BCUT2D eigenvalue weighted by Crippen LogP contribution is -2.61. The number of fused-ring (bicyclic) bond motifs is 4. The minimum Gasteiger partial charge on any atom is -0.479 e. The third kappa shape index (κ3) is 2.99. The van der Waals surface area contributed by atoms with Gasteiger partial charge in [0.1, 0.15) is 12.1 Å². The summed E-state index contributed by atoms with van der Waals surface area (Å²) in [6.45, 7) is 0.911. The van der Waals surface area contributed by atoms with Crippen molar-refractivity contribution in [2.75, 3.05) is 19.7 Å². The average Bonchev–Trinajstić information content (AvgIpc) is 3.45. The molecule has 3 aliphatic carbocycles. The number of amides is 2. The molecule has 0 unspecified atom stereocenters. The minimum atomic E-state index is -1.03. The van der Waals surface area contributed by atoms with Crippen LogP contribution in [0.5, 0.6) is 0 Å². The highest BCUT2D eigenvalue weighted by Crippen LogP contribution is 2.54. The number of nitrogens with one attached hydrogen (secondary N) is 1. The number of ether oxygens (including phenoxy) is 1. The molecule has 176 valence electrons. The lowest BCUT2D eigenvalue weighted by molar-refractivity contribution is -0.165. The topological polar surface area (TPSA) is 95.9 Å². The summed E-state index contributed by atoms with van der Waals surface area (Å²) in [6.07, 6.45) is 2.77. The molecule has 4 fully saturated rings. The molecule has 0 atom stereocenters. The van der Waals surface area contributed by atoms with E-state index in [1.807, 2.05) is 24.3 Å². The summed E-state index contributed by atoms with van der Waals surface area (Å²) in [7, 11) is 0. The number of carbonyl (C=O) groups is 3. The van der Waals surface area contributed by atoms with Gasteiger partial charge < -0.3 is 20.1 Å². The van der Waals surface area contributed by atoms with E-state index in [0.29, 0.717) is 32.2 Å². The van der Waals surface area contributed by atoms with E-state index in [9.17, 15) is 19.5 Å². The molecule has 2 N–H and O–H groups in total. The maximum atomic E-state index is 13.4. The van der Waals surface area contributed by atoms with Crippen molar-refractivity contribution in [2.24, 2.45) is 11.3 Å². The molecule has 2 aromatic rings. The molecular weight excluding hydrogens is 432 g/mol. The standard InChI is InChI=1S/C27H28N2O5/c30-23(29-14-17-12-27(29,13-17)24(31)32)26(10-5-11-26)16-28-25(33)34-15-22-20-8-3-1-6-18(20)19-7-2-4-9-21(19)22/h1-4,6-9,17,22H,5,10-16H2,(H,28,33)(H,31,32). The number of rotatable bonds is 6. The molecule has 34 heavy (non-hydrogen) atoms. The molecule has 2 saturated heterocycles. The molecule has 2 amide bonds. The minimum absolute atomic E-state index is 0.0238. The van der Waals surface area contributed by atoms with Gasteiger partial charge in [-0.05, 0) is 53.9 Å². The maximum Gasteiger partial charge on any atom is 0.407 e. The normalized spacial score (nSPS) is 25.5. The lowest BCUT2D eigenvalue weighted by atomic mass is 9.66.